The highest BCUT2D eigenvalue weighted by atomic mass is 16.5. The first-order valence-corrected chi connectivity index (χ1v) is 6.85. The van der Waals surface area contributed by atoms with Crippen molar-refractivity contribution in [3.63, 3.8) is 0 Å². The number of nitrogens with one attached hydrogen (secondary N) is 1. The van der Waals surface area contributed by atoms with E-state index in [1.54, 1.807) is 18.0 Å². The maximum atomic E-state index is 5.75. The molecule has 5 heteroatoms. The van der Waals surface area contributed by atoms with Crippen molar-refractivity contribution in [2.24, 2.45) is 0 Å². The summed E-state index contributed by atoms with van der Waals surface area (Å²) in [5.74, 6) is 0.836. The van der Waals surface area contributed by atoms with E-state index in [-0.39, 0.29) is 0 Å². The van der Waals surface area contributed by atoms with Gasteiger partial charge in [-0.1, -0.05) is 12.6 Å². The molecule has 1 aromatic heterocycles. The Morgan fingerprint density at radius 3 is 2.95 bits per heavy atom. The average molecular weight is 287 g/mol. The highest BCUT2D eigenvalue weighted by molar-refractivity contribution is 5.57. The van der Waals surface area contributed by atoms with E-state index in [2.05, 4.69) is 23.1 Å². The van der Waals surface area contributed by atoms with E-state index in [9.17, 15) is 0 Å². The molecule has 0 fully saturated rings. The highest BCUT2D eigenvalue weighted by Crippen LogP contribution is 2.26. The fourth-order valence-corrected chi connectivity index (χ4v) is 1.90. The number of anilines is 1. The number of methoxy groups -OCH3 is 1. The van der Waals surface area contributed by atoms with E-state index < -0.39 is 0 Å². The third-order valence-corrected chi connectivity index (χ3v) is 3.01. The Balaban J connectivity index is 2.02. The van der Waals surface area contributed by atoms with Crippen LogP contribution in [0.5, 0.6) is 5.75 Å². The van der Waals surface area contributed by atoms with Crippen molar-refractivity contribution in [2.45, 2.75) is 13.5 Å². The third-order valence-electron chi connectivity index (χ3n) is 3.01. The largest absolute Gasteiger partial charge is 0.489 e. The molecular weight excluding hydrogens is 266 g/mol. The molecule has 0 saturated carbocycles. The number of nitrogens with zero attached hydrogens (tertiary/aromatic N) is 2. The summed E-state index contributed by atoms with van der Waals surface area (Å²) in [5.41, 5.74) is 3.20. The first kappa shape index (κ1) is 15.1. The Morgan fingerprint density at radius 1 is 1.38 bits per heavy atom. The van der Waals surface area contributed by atoms with E-state index in [1.165, 1.54) is 0 Å². The van der Waals surface area contributed by atoms with Gasteiger partial charge >= 0.3 is 0 Å². The molecule has 0 aliphatic carbocycles. The smallest absolute Gasteiger partial charge is 0.142 e. The van der Waals surface area contributed by atoms with Crippen LogP contribution in [0.25, 0.3) is 6.20 Å². The summed E-state index contributed by atoms with van der Waals surface area (Å²) in [4.78, 5) is 0. The molecule has 2 aromatic rings. The average Bonchev–Trinajstić information content (AvgIpc) is 2.95. The maximum absolute atomic E-state index is 5.75. The lowest BCUT2D eigenvalue weighted by Gasteiger charge is -2.13. The normalized spacial score (nSPS) is 10.4. The number of ether oxygens (including phenoxy) is 2. The summed E-state index contributed by atoms with van der Waals surface area (Å²) < 4.78 is 12.4. The summed E-state index contributed by atoms with van der Waals surface area (Å²) in [6.07, 6.45) is 5.41. The molecule has 0 unspecified atom stereocenters. The summed E-state index contributed by atoms with van der Waals surface area (Å²) in [6, 6.07) is 6.10. The SMILES string of the molecule is C=Cn1cc(CNc2ccc(C)cc2OCCOC)cn1. The van der Waals surface area contributed by atoms with Gasteiger partial charge in [0.2, 0.25) is 0 Å². The van der Waals surface area contributed by atoms with Gasteiger partial charge in [0, 0.05) is 31.6 Å². The van der Waals surface area contributed by atoms with Crippen LogP contribution in [0.2, 0.25) is 0 Å². The van der Waals surface area contributed by atoms with Crippen LogP contribution in [0.1, 0.15) is 11.1 Å². The van der Waals surface area contributed by atoms with Gasteiger partial charge in [-0.2, -0.15) is 5.10 Å². The minimum atomic E-state index is 0.531. The van der Waals surface area contributed by atoms with Crippen molar-refractivity contribution in [1.82, 2.24) is 9.78 Å². The first-order valence-electron chi connectivity index (χ1n) is 6.85. The summed E-state index contributed by atoms with van der Waals surface area (Å²) >= 11 is 0. The van der Waals surface area contributed by atoms with Crippen LogP contribution in [0.4, 0.5) is 5.69 Å². The Kier molecular flexibility index (Phi) is 5.40. The molecule has 2 rings (SSSR count). The molecular formula is C16H21N3O2. The van der Waals surface area contributed by atoms with Crippen LogP contribution >= 0.6 is 0 Å². The van der Waals surface area contributed by atoms with E-state index in [4.69, 9.17) is 9.47 Å². The van der Waals surface area contributed by atoms with E-state index in [1.807, 2.05) is 31.5 Å². The Hall–Kier alpha value is -2.27. The molecule has 0 bridgehead atoms. The van der Waals surface area contributed by atoms with Crippen LogP contribution in [0, 0.1) is 6.92 Å². The lowest BCUT2D eigenvalue weighted by Crippen LogP contribution is -2.07. The second-order valence-corrected chi connectivity index (χ2v) is 4.71. The van der Waals surface area contributed by atoms with E-state index in [0.717, 1.165) is 22.6 Å². The number of benzene rings is 1. The molecule has 0 spiro atoms. The molecule has 5 nitrogen and oxygen atoms in total. The Labute approximate surface area is 125 Å². The number of hydrogen-bond donors (Lipinski definition) is 1. The topological polar surface area (TPSA) is 48.3 Å². The monoisotopic (exact) mass is 287 g/mol. The van der Waals surface area contributed by atoms with Crippen molar-refractivity contribution in [3.05, 3.63) is 48.3 Å². The zero-order valence-electron chi connectivity index (χ0n) is 12.5. The number of aryl methyl sites for hydroxylation is 1. The molecule has 1 aromatic carbocycles. The van der Waals surface area contributed by atoms with Crippen LogP contribution in [-0.2, 0) is 11.3 Å². The second-order valence-electron chi connectivity index (χ2n) is 4.71. The van der Waals surface area contributed by atoms with Crippen molar-refractivity contribution < 1.29 is 9.47 Å². The predicted molar refractivity (Wildman–Crippen MR) is 84.5 cm³/mol. The Bertz CT molecular complexity index is 593. The lowest BCUT2D eigenvalue weighted by atomic mass is 10.2. The molecule has 0 aliphatic rings. The van der Waals surface area contributed by atoms with Crippen molar-refractivity contribution in [3.8, 4) is 5.75 Å². The highest BCUT2D eigenvalue weighted by Gasteiger charge is 2.05. The van der Waals surface area contributed by atoms with Crippen molar-refractivity contribution in [2.75, 3.05) is 25.6 Å². The molecule has 21 heavy (non-hydrogen) atoms. The molecule has 0 amide bonds. The van der Waals surface area contributed by atoms with Crippen LogP contribution in [-0.4, -0.2) is 30.1 Å². The molecule has 0 aliphatic heterocycles. The van der Waals surface area contributed by atoms with Crippen LogP contribution in [0.3, 0.4) is 0 Å². The molecule has 1 heterocycles. The van der Waals surface area contributed by atoms with Gasteiger partial charge in [0.25, 0.3) is 0 Å². The quantitative estimate of drug-likeness (QED) is 0.758. The Morgan fingerprint density at radius 2 is 2.24 bits per heavy atom. The summed E-state index contributed by atoms with van der Waals surface area (Å²) in [5, 5.41) is 7.52. The lowest BCUT2D eigenvalue weighted by molar-refractivity contribution is 0.146. The zero-order valence-corrected chi connectivity index (χ0v) is 12.5. The van der Waals surface area contributed by atoms with E-state index in [0.29, 0.717) is 19.8 Å². The van der Waals surface area contributed by atoms with Gasteiger partial charge in [-0.15, -0.1) is 0 Å². The van der Waals surface area contributed by atoms with Gasteiger partial charge in [0.05, 0.1) is 18.5 Å². The molecule has 0 atom stereocenters. The molecule has 1 N–H and O–H groups in total. The zero-order chi connectivity index (χ0) is 15.1. The van der Waals surface area contributed by atoms with Gasteiger partial charge in [-0.05, 0) is 24.6 Å². The summed E-state index contributed by atoms with van der Waals surface area (Å²) in [7, 11) is 1.66. The first-order chi connectivity index (χ1) is 10.2. The third kappa shape index (κ3) is 4.36. The molecule has 0 radical (unpaired) electrons. The number of rotatable bonds is 8. The minimum absolute atomic E-state index is 0.531. The maximum Gasteiger partial charge on any atom is 0.142 e. The number of aromatic nitrogens is 2. The molecule has 0 saturated heterocycles. The van der Waals surface area contributed by atoms with Crippen molar-refractivity contribution in [1.29, 1.82) is 0 Å². The molecule has 112 valence electrons. The van der Waals surface area contributed by atoms with Crippen LogP contribution < -0.4 is 10.1 Å². The standard InChI is InChI=1S/C16H21N3O2/c1-4-19-12-14(11-18-19)10-17-15-6-5-13(2)9-16(15)21-8-7-20-3/h4-6,9,11-12,17H,1,7-8,10H2,2-3H3. The summed E-state index contributed by atoms with van der Waals surface area (Å²) in [6.45, 7) is 7.50. The second kappa shape index (κ2) is 7.50. The van der Waals surface area contributed by atoms with Crippen LogP contribution in [0.15, 0.2) is 37.2 Å². The van der Waals surface area contributed by atoms with Gasteiger partial charge in [0.15, 0.2) is 0 Å². The van der Waals surface area contributed by atoms with Gasteiger partial charge < -0.3 is 14.8 Å². The van der Waals surface area contributed by atoms with Gasteiger partial charge in [0.1, 0.15) is 12.4 Å². The number of hydrogen-bond acceptors (Lipinski definition) is 4. The predicted octanol–water partition coefficient (Wildman–Crippen LogP) is 2.93. The van der Waals surface area contributed by atoms with Gasteiger partial charge in [-0.25, -0.2) is 4.68 Å². The fourth-order valence-electron chi connectivity index (χ4n) is 1.90. The van der Waals surface area contributed by atoms with Gasteiger partial charge in [-0.3, -0.25) is 0 Å². The van der Waals surface area contributed by atoms with E-state index >= 15 is 0 Å². The van der Waals surface area contributed by atoms with Crippen molar-refractivity contribution >= 4 is 11.9 Å². The minimum Gasteiger partial charge on any atom is -0.489 e. The fraction of sp³-hybridized carbons (Fsp3) is 0.312.